The zero-order valence-corrected chi connectivity index (χ0v) is 12.0. The normalized spacial score (nSPS) is 14.8. The first-order valence-electron chi connectivity index (χ1n) is 6.52. The monoisotopic (exact) mass is 307 g/mol. The molecule has 21 heavy (non-hydrogen) atoms. The molecule has 1 aliphatic heterocycles. The Kier molecular flexibility index (Phi) is 3.29. The molecule has 0 amide bonds. The molecule has 2 heterocycles. The van der Waals surface area contributed by atoms with Crippen molar-refractivity contribution in [3.8, 4) is 0 Å². The summed E-state index contributed by atoms with van der Waals surface area (Å²) in [7, 11) is -4.03. The molecule has 0 aliphatic carbocycles. The first-order chi connectivity index (χ1) is 10.00. The molecule has 0 fully saturated rings. The molecule has 1 aromatic heterocycles. The minimum absolute atomic E-state index is 0.287. The highest BCUT2D eigenvalue weighted by atomic mass is 32.2. The summed E-state index contributed by atoms with van der Waals surface area (Å²) >= 11 is 0. The molecular weight excluding hydrogens is 293 g/mol. The van der Waals surface area contributed by atoms with Crippen molar-refractivity contribution in [1.29, 1.82) is 0 Å². The molecule has 3 rings (SSSR count). The molecule has 7 heteroatoms. The molecule has 110 valence electrons. The van der Waals surface area contributed by atoms with E-state index in [0.717, 1.165) is 18.1 Å². The number of nitrogen functional groups attached to an aromatic ring is 1. The predicted molar refractivity (Wildman–Crippen MR) is 77.9 cm³/mol. The van der Waals surface area contributed by atoms with Crippen LogP contribution in [-0.2, 0) is 16.4 Å². The number of nitrogens with zero attached hydrogens (tertiary/aromatic N) is 2. The van der Waals surface area contributed by atoms with Crippen LogP contribution in [0.15, 0.2) is 41.6 Å². The average Bonchev–Trinajstić information content (AvgIpc) is 2.46. The Morgan fingerprint density at radius 3 is 2.86 bits per heavy atom. The van der Waals surface area contributed by atoms with Crippen molar-refractivity contribution in [3.05, 3.63) is 47.9 Å². The third-order valence-electron chi connectivity index (χ3n) is 3.44. The average molecular weight is 307 g/mol. The van der Waals surface area contributed by atoms with Gasteiger partial charge in [-0.05, 0) is 42.7 Å². The number of halogens is 1. The number of fused-ring (bicyclic) bond motifs is 1. The van der Waals surface area contributed by atoms with Crippen molar-refractivity contribution in [2.24, 2.45) is 0 Å². The van der Waals surface area contributed by atoms with Crippen LogP contribution >= 0.6 is 0 Å². The zero-order chi connectivity index (χ0) is 15.0. The lowest BCUT2D eigenvalue weighted by atomic mass is 10.0. The van der Waals surface area contributed by atoms with E-state index in [-0.39, 0.29) is 6.54 Å². The topological polar surface area (TPSA) is 76.3 Å². The van der Waals surface area contributed by atoms with Crippen molar-refractivity contribution in [3.63, 3.8) is 0 Å². The smallest absolute Gasteiger partial charge is 0.284 e. The maximum atomic E-state index is 13.8. The predicted octanol–water partition coefficient (Wildman–Crippen LogP) is 1.94. The van der Waals surface area contributed by atoms with Crippen molar-refractivity contribution >= 4 is 21.4 Å². The number of pyridine rings is 1. The molecule has 1 aliphatic rings. The molecule has 0 bridgehead atoms. The number of rotatable bonds is 2. The zero-order valence-electron chi connectivity index (χ0n) is 11.2. The van der Waals surface area contributed by atoms with Crippen molar-refractivity contribution in [1.82, 2.24) is 4.98 Å². The van der Waals surface area contributed by atoms with Crippen LogP contribution in [0.4, 0.5) is 15.8 Å². The highest BCUT2D eigenvalue weighted by Gasteiger charge is 2.32. The van der Waals surface area contributed by atoms with E-state index in [2.05, 4.69) is 4.98 Å². The minimum atomic E-state index is -4.03. The van der Waals surface area contributed by atoms with Gasteiger partial charge in [-0.3, -0.25) is 4.31 Å². The second-order valence-electron chi connectivity index (χ2n) is 4.86. The Morgan fingerprint density at radius 1 is 1.29 bits per heavy atom. The van der Waals surface area contributed by atoms with Crippen LogP contribution < -0.4 is 10.0 Å². The number of hydrogen-bond acceptors (Lipinski definition) is 4. The molecule has 0 saturated carbocycles. The number of hydrogen-bond donors (Lipinski definition) is 1. The number of benzene rings is 1. The Morgan fingerprint density at radius 2 is 2.10 bits per heavy atom. The summed E-state index contributed by atoms with van der Waals surface area (Å²) in [5, 5.41) is -0.555. The van der Waals surface area contributed by atoms with Crippen LogP contribution in [0.3, 0.4) is 0 Å². The SMILES string of the molecule is Nc1ccc2c(c1)N(S(=O)(=O)c1ncccc1F)CCC2. The van der Waals surface area contributed by atoms with Crippen LogP contribution in [0.1, 0.15) is 12.0 Å². The number of sulfonamides is 1. The number of aryl methyl sites for hydroxylation is 1. The van der Waals surface area contributed by atoms with Gasteiger partial charge in [0.25, 0.3) is 10.0 Å². The fourth-order valence-electron chi connectivity index (χ4n) is 2.47. The molecule has 2 aromatic rings. The highest BCUT2D eigenvalue weighted by Crippen LogP contribution is 2.33. The van der Waals surface area contributed by atoms with Gasteiger partial charge in [0.15, 0.2) is 5.82 Å². The first kappa shape index (κ1) is 13.8. The number of nitrogens with two attached hydrogens (primary N) is 1. The second kappa shape index (κ2) is 5.00. The second-order valence-corrected chi connectivity index (χ2v) is 6.64. The summed E-state index contributed by atoms with van der Waals surface area (Å²) in [4.78, 5) is 3.68. The fourth-order valence-corrected chi connectivity index (χ4v) is 3.99. The molecule has 1 aromatic carbocycles. The molecule has 0 radical (unpaired) electrons. The Hall–Kier alpha value is -2.15. The summed E-state index contributed by atoms with van der Waals surface area (Å²) in [5.74, 6) is -0.853. The molecule has 2 N–H and O–H groups in total. The minimum Gasteiger partial charge on any atom is -0.399 e. The van der Waals surface area contributed by atoms with Crippen LogP contribution in [0.5, 0.6) is 0 Å². The van der Waals surface area contributed by atoms with E-state index in [1.165, 1.54) is 16.6 Å². The first-order valence-corrected chi connectivity index (χ1v) is 7.96. The van der Waals surface area contributed by atoms with E-state index < -0.39 is 20.9 Å². The van der Waals surface area contributed by atoms with Crippen LogP contribution in [0, 0.1) is 5.82 Å². The Balaban J connectivity index is 2.14. The molecule has 0 spiro atoms. The van der Waals surface area contributed by atoms with Gasteiger partial charge in [-0.25, -0.2) is 9.37 Å². The van der Waals surface area contributed by atoms with Gasteiger partial charge in [-0.15, -0.1) is 0 Å². The summed E-state index contributed by atoms with van der Waals surface area (Å²) in [6, 6.07) is 7.59. The molecule has 0 atom stereocenters. The van der Waals surface area contributed by atoms with E-state index in [4.69, 9.17) is 5.73 Å². The molecular formula is C14H14FN3O2S. The largest absolute Gasteiger partial charge is 0.399 e. The van der Waals surface area contributed by atoms with Gasteiger partial charge >= 0.3 is 0 Å². The maximum Gasteiger partial charge on any atom is 0.284 e. The molecule has 5 nitrogen and oxygen atoms in total. The van der Waals surface area contributed by atoms with E-state index >= 15 is 0 Å². The van der Waals surface area contributed by atoms with Crippen molar-refractivity contribution < 1.29 is 12.8 Å². The summed E-state index contributed by atoms with van der Waals surface area (Å²) < 4.78 is 40.3. The Bertz CT molecular complexity index is 793. The van der Waals surface area contributed by atoms with Crippen molar-refractivity contribution in [2.75, 3.05) is 16.6 Å². The fraction of sp³-hybridized carbons (Fsp3) is 0.214. The van der Waals surface area contributed by atoms with E-state index in [1.807, 2.05) is 0 Å². The van der Waals surface area contributed by atoms with E-state index in [1.54, 1.807) is 18.2 Å². The van der Waals surface area contributed by atoms with Gasteiger partial charge in [0, 0.05) is 18.4 Å². The van der Waals surface area contributed by atoms with Crippen molar-refractivity contribution in [2.45, 2.75) is 17.9 Å². The standard InChI is InChI=1S/C14H14FN3O2S/c15-12-4-1-7-17-14(12)21(19,20)18-8-2-3-10-5-6-11(16)9-13(10)18/h1,4-7,9H,2-3,8,16H2. The van der Waals surface area contributed by atoms with Gasteiger partial charge < -0.3 is 5.73 Å². The van der Waals surface area contributed by atoms with E-state index in [0.29, 0.717) is 17.8 Å². The third-order valence-corrected chi connectivity index (χ3v) is 5.19. The van der Waals surface area contributed by atoms with Gasteiger partial charge in [0.05, 0.1) is 5.69 Å². The lowest BCUT2D eigenvalue weighted by molar-refractivity contribution is 0.548. The number of aromatic nitrogens is 1. The summed E-state index contributed by atoms with van der Waals surface area (Å²) in [6.07, 6.45) is 2.71. The lowest BCUT2D eigenvalue weighted by Crippen LogP contribution is -2.36. The van der Waals surface area contributed by atoms with Gasteiger partial charge in [0.2, 0.25) is 5.03 Å². The molecule has 0 unspecified atom stereocenters. The lowest BCUT2D eigenvalue weighted by Gasteiger charge is -2.30. The van der Waals surface area contributed by atoms with E-state index in [9.17, 15) is 12.8 Å². The van der Waals surface area contributed by atoms with Crippen LogP contribution in [0.25, 0.3) is 0 Å². The Labute approximate surface area is 122 Å². The highest BCUT2D eigenvalue weighted by molar-refractivity contribution is 7.92. The number of anilines is 2. The van der Waals surface area contributed by atoms with Gasteiger partial charge in [-0.1, -0.05) is 6.07 Å². The third kappa shape index (κ3) is 2.33. The van der Waals surface area contributed by atoms with Crippen LogP contribution in [-0.4, -0.2) is 19.9 Å². The summed E-state index contributed by atoms with van der Waals surface area (Å²) in [6.45, 7) is 0.287. The van der Waals surface area contributed by atoms with Gasteiger partial charge in [-0.2, -0.15) is 8.42 Å². The maximum absolute atomic E-state index is 13.8. The summed E-state index contributed by atoms with van der Waals surface area (Å²) in [5.41, 5.74) is 7.60. The molecule has 0 saturated heterocycles. The van der Waals surface area contributed by atoms with Gasteiger partial charge in [0.1, 0.15) is 0 Å². The quantitative estimate of drug-likeness (QED) is 0.860. The van der Waals surface area contributed by atoms with Crippen LogP contribution in [0.2, 0.25) is 0 Å².